The van der Waals surface area contributed by atoms with E-state index in [4.69, 9.17) is 10.2 Å². The maximum atomic E-state index is 11.0. The van der Waals surface area contributed by atoms with Crippen LogP contribution < -0.4 is 11.1 Å². The second kappa shape index (κ2) is 31.5. The lowest BCUT2D eigenvalue weighted by atomic mass is 10.1. The zero-order valence-corrected chi connectivity index (χ0v) is 24.3. The number of nitrogens with zero attached hydrogens (tertiary/aromatic N) is 1. The Labute approximate surface area is 219 Å². The molecule has 0 unspecified atom stereocenters. The van der Waals surface area contributed by atoms with Crippen LogP contribution in [0.3, 0.4) is 0 Å². The Morgan fingerprint density at radius 3 is 1.86 bits per heavy atom. The van der Waals surface area contributed by atoms with Crippen molar-refractivity contribution in [2.45, 2.75) is 53.9 Å². The molecule has 9 heteroatoms. The van der Waals surface area contributed by atoms with Gasteiger partial charge >= 0.3 is 5.97 Å². The van der Waals surface area contributed by atoms with Gasteiger partial charge in [0, 0.05) is 36.7 Å². The van der Waals surface area contributed by atoms with E-state index in [1.54, 1.807) is 13.1 Å². The molecule has 0 aromatic carbocycles. The molecular weight excluding hydrogens is 464 g/mol. The number of nitrogens with two attached hydrogens (primary N) is 1. The summed E-state index contributed by atoms with van der Waals surface area (Å²) in [6, 6.07) is 0. The lowest BCUT2D eigenvalue weighted by Crippen LogP contribution is -2.12. The number of aliphatic hydroxyl groups excluding tert-OH is 1. The molecule has 0 bridgehead atoms. The first kappa shape index (κ1) is 42.6. The highest BCUT2D eigenvalue weighted by Crippen LogP contribution is 2.16. The highest BCUT2D eigenvalue weighted by molar-refractivity contribution is 7.80. The SMILES string of the molecule is C#C.C/C=C1/C/C(=C\C)NC1=O.CCCc1c[nH]c(C)c1C(=O)O.CCS.CN.CN(C)C.CO. The van der Waals surface area contributed by atoms with E-state index >= 15 is 0 Å². The third-order valence-electron chi connectivity index (χ3n) is 3.54. The van der Waals surface area contributed by atoms with Crippen molar-refractivity contribution in [1.82, 2.24) is 15.2 Å². The lowest BCUT2D eigenvalue weighted by molar-refractivity contribution is -0.115. The molecule has 6 N–H and O–H groups in total. The fourth-order valence-corrected chi connectivity index (χ4v) is 2.31. The molecule has 8 nitrogen and oxygen atoms in total. The number of nitrogens with one attached hydrogen (secondary N) is 2. The summed E-state index contributed by atoms with van der Waals surface area (Å²) < 4.78 is 0. The van der Waals surface area contributed by atoms with E-state index in [9.17, 15) is 9.59 Å². The molecule has 2 rings (SSSR count). The fourth-order valence-electron chi connectivity index (χ4n) is 2.31. The average Bonchev–Trinajstić information content (AvgIpc) is 3.40. The van der Waals surface area contributed by atoms with Gasteiger partial charge < -0.3 is 31.1 Å². The number of allylic oxidation sites excluding steroid dienone is 3. The van der Waals surface area contributed by atoms with Crippen LogP contribution in [0.5, 0.6) is 0 Å². The van der Waals surface area contributed by atoms with E-state index in [1.165, 1.54) is 7.05 Å². The second-order valence-corrected chi connectivity index (χ2v) is 7.42. The summed E-state index contributed by atoms with van der Waals surface area (Å²) in [5.74, 6) is 0.160. The largest absolute Gasteiger partial charge is 0.478 e. The molecule has 204 valence electrons. The van der Waals surface area contributed by atoms with Crippen molar-refractivity contribution in [2.75, 3.05) is 41.1 Å². The lowest BCUT2D eigenvalue weighted by Gasteiger charge is -1.97. The van der Waals surface area contributed by atoms with Gasteiger partial charge in [-0.1, -0.05) is 32.4 Å². The molecule has 1 aromatic rings. The van der Waals surface area contributed by atoms with Gasteiger partial charge in [-0.05, 0) is 66.7 Å². The maximum Gasteiger partial charge on any atom is 0.337 e. The van der Waals surface area contributed by atoms with Crippen LogP contribution in [0.15, 0.2) is 29.6 Å². The smallest absolute Gasteiger partial charge is 0.337 e. The molecule has 1 fully saturated rings. The number of carbonyl (C=O) groups excluding carboxylic acids is 1. The zero-order valence-electron chi connectivity index (χ0n) is 23.4. The number of amides is 1. The number of hydrogen-bond donors (Lipinski definition) is 6. The molecule has 1 aliphatic rings. The number of thiol groups is 1. The van der Waals surface area contributed by atoms with Crippen LogP contribution in [0, 0.1) is 19.8 Å². The number of aliphatic hydroxyl groups is 1. The minimum Gasteiger partial charge on any atom is -0.478 e. The van der Waals surface area contributed by atoms with Crippen molar-refractivity contribution in [3.63, 3.8) is 0 Å². The first-order chi connectivity index (χ1) is 16.6. The van der Waals surface area contributed by atoms with Crippen LogP contribution in [0.25, 0.3) is 0 Å². The van der Waals surface area contributed by atoms with Crippen molar-refractivity contribution in [1.29, 1.82) is 0 Å². The van der Waals surface area contributed by atoms with E-state index in [2.05, 4.69) is 41.5 Å². The van der Waals surface area contributed by atoms with Crippen molar-refractivity contribution >= 4 is 24.5 Å². The van der Waals surface area contributed by atoms with E-state index in [1.807, 2.05) is 65.9 Å². The molecule has 1 amide bonds. The molecule has 0 saturated carbocycles. The molecular formula is C26H50N4O4S. The number of rotatable bonds is 3. The van der Waals surface area contributed by atoms with Crippen LogP contribution in [-0.2, 0) is 11.2 Å². The summed E-state index contributed by atoms with van der Waals surface area (Å²) in [4.78, 5) is 26.6. The van der Waals surface area contributed by atoms with Crippen molar-refractivity contribution in [2.24, 2.45) is 5.73 Å². The maximum absolute atomic E-state index is 11.0. The van der Waals surface area contributed by atoms with Crippen LogP contribution in [-0.4, -0.2) is 73.0 Å². The Bertz CT molecular complexity index is 721. The summed E-state index contributed by atoms with van der Waals surface area (Å²) in [7, 11) is 8.50. The highest BCUT2D eigenvalue weighted by Gasteiger charge is 2.18. The first-order valence-electron chi connectivity index (χ1n) is 11.2. The molecule has 1 saturated heterocycles. The second-order valence-electron chi connectivity index (χ2n) is 6.79. The summed E-state index contributed by atoms with van der Waals surface area (Å²) in [5.41, 5.74) is 8.47. The van der Waals surface area contributed by atoms with Gasteiger partial charge in [-0.25, -0.2) is 4.79 Å². The third kappa shape index (κ3) is 24.4. The van der Waals surface area contributed by atoms with Gasteiger partial charge in [-0.3, -0.25) is 4.79 Å². The first-order valence-corrected chi connectivity index (χ1v) is 11.8. The van der Waals surface area contributed by atoms with Crippen LogP contribution in [0.4, 0.5) is 0 Å². The number of aryl methyl sites for hydroxylation is 2. The van der Waals surface area contributed by atoms with Gasteiger partial charge in [-0.2, -0.15) is 12.6 Å². The zero-order chi connectivity index (χ0) is 29.0. The minimum atomic E-state index is -0.836. The predicted octanol–water partition coefficient (Wildman–Crippen LogP) is 3.88. The fraction of sp³-hybridized carbons (Fsp3) is 0.538. The van der Waals surface area contributed by atoms with Gasteiger partial charge in [0.15, 0.2) is 0 Å². The molecule has 0 radical (unpaired) electrons. The molecule has 0 aliphatic carbocycles. The van der Waals surface area contributed by atoms with Crippen molar-refractivity contribution < 1.29 is 19.8 Å². The van der Waals surface area contributed by atoms with Gasteiger partial charge in [0.25, 0.3) is 5.91 Å². The molecule has 35 heavy (non-hydrogen) atoms. The molecule has 0 spiro atoms. The normalized spacial score (nSPS) is 12.9. The number of carbonyl (C=O) groups is 2. The topological polar surface area (TPSA) is 132 Å². The van der Waals surface area contributed by atoms with Crippen molar-refractivity contribution in [3.8, 4) is 12.8 Å². The van der Waals surface area contributed by atoms with Gasteiger partial charge in [-0.15, -0.1) is 12.8 Å². The predicted molar refractivity (Wildman–Crippen MR) is 154 cm³/mol. The number of H-pyrrole nitrogens is 1. The Kier molecular flexibility index (Phi) is 38.4. The quantitative estimate of drug-likeness (QED) is 0.206. The Balaban J connectivity index is -0.000000117. The van der Waals surface area contributed by atoms with E-state index in [0.717, 1.165) is 54.7 Å². The molecule has 1 aliphatic heterocycles. The molecule has 2 heterocycles. The summed E-state index contributed by atoms with van der Waals surface area (Å²) in [6.45, 7) is 9.61. The van der Waals surface area contributed by atoms with Gasteiger partial charge in [0.1, 0.15) is 0 Å². The van der Waals surface area contributed by atoms with E-state index in [-0.39, 0.29) is 5.91 Å². The number of aromatic nitrogens is 1. The van der Waals surface area contributed by atoms with Gasteiger partial charge in [0.2, 0.25) is 0 Å². The van der Waals surface area contributed by atoms with E-state index < -0.39 is 5.97 Å². The monoisotopic (exact) mass is 514 g/mol. The highest BCUT2D eigenvalue weighted by atomic mass is 32.1. The minimum absolute atomic E-state index is 0.0515. The third-order valence-corrected chi connectivity index (χ3v) is 3.54. The summed E-state index contributed by atoms with van der Waals surface area (Å²) in [6.07, 6.45) is 16.1. The average molecular weight is 515 g/mol. The summed E-state index contributed by atoms with van der Waals surface area (Å²) in [5, 5.41) is 18.6. The number of carboxylic acids is 1. The molecule has 1 aromatic heterocycles. The van der Waals surface area contributed by atoms with E-state index in [0.29, 0.717) is 5.56 Å². The Hall–Kier alpha value is -2.51. The van der Waals surface area contributed by atoms with Crippen LogP contribution in [0.1, 0.15) is 62.2 Å². The standard InChI is InChI=1S/C9H13NO2.C8H11NO.C3H9N.C2H6S.C2H2.CH5N.CH4O/c1-3-4-7-5-10-6(2)8(7)9(11)12;1-3-6-5-7(4-2)9-8(6)10;1-4(2)3;1-2-3;3*1-2/h5,10H,3-4H2,1-2H3,(H,11,12);3-4H,5H2,1-2H3,(H,9,10);1-3H3;3H,2H2,1H3;1-2H;2H2,1H3;2H,1H3/b;6-3-,7-4+;;;;;. The number of carboxylic acid groups (broad SMARTS) is 1. The Morgan fingerprint density at radius 2 is 1.60 bits per heavy atom. The van der Waals surface area contributed by atoms with Crippen molar-refractivity contribution in [3.05, 3.63) is 46.4 Å². The number of aromatic amines is 1. The van der Waals surface area contributed by atoms with Crippen LogP contribution >= 0.6 is 12.6 Å². The number of terminal acetylenes is 1. The number of hydrogen-bond acceptors (Lipinski definition) is 6. The summed E-state index contributed by atoms with van der Waals surface area (Å²) >= 11 is 3.79. The molecule has 0 atom stereocenters. The number of aromatic carboxylic acids is 1. The van der Waals surface area contributed by atoms with Crippen LogP contribution in [0.2, 0.25) is 0 Å². The van der Waals surface area contributed by atoms with Gasteiger partial charge in [0.05, 0.1) is 5.56 Å². The Morgan fingerprint density at radius 1 is 1.17 bits per heavy atom.